The molecular formula is C11H13NO2. The molecule has 0 fully saturated rings. The van der Waals surface area contributed by atoms with Crippen molar-refractivity contribution in [2.75, 3.05) is 6.61 Å². The third-order valence-electron chi connectivity index (χ3n) is 1.77. The predicted molar refractivity (Wildman–Crippen MR) is 52.9 cm³/mol. The molecule has 0 saturated carbocycles. The molecule has 0 aliphatic heterocycles. The molecule has 0 saturated heterocycles. The van der Waals surface area contributed by atoms with E-state index in [2.05, 4.69) is 0 Å². The normalized spacial score (nSPS) is 11.8. The van der Waals surface area contributed by atoms with Crippen LogP contribution in [-0.4, -0.2) is 17.8 Å². The molecule has 1 N–H and O–H groups in total. The van der Waals surface area contributed by atoms with Gasteiger partial charge < -0.3 is 9.84 Å². The van der Waals surface area contributed by atoms with Crippen LogP contribution in [0.1, 0.15) is 18.9 Å². The SMILES string of the molecule is CC(O)CCOc1cccc(C#N)c1. The highest BCUT2D eigenvalue weighted by atomic mass is 16.5. The molecule has 0 radical (unpaired) electrons. The molecule has 1 atom stereocenters. The summed E-state index contributed by atoms with van der Waals surface area (Å²) in [6.07, 6.45) is 0.241. The molecule has 0 heterocycles. The molecule has 0 aromatic heterocycles. The average molecular weight is 191 g/mol. The Kier molecular flexibility index (Phi) is 3.96. The maximum atomic E-state index is 9.00. The van der Waals surface area contributed by atoms with Crippen LogP contribution in [0.5, 0.6) is 5.75 Å². The van der Waals surface area contributed by atoms with E-state index >= 15 is 0 Å². The Hall–Kier alpha value is -1.53. The van der Waals surface area contributed by atoms with E-state index < -0.39 is 0 Å². The highest BCUT2D eigenvalue weighted by Crippen LogP contribution is 2.12. The molecule has 0 amide bonds. The van der Waals surface area contributed by atoms with Crippen molar-refractivity contribution in [3.63, 3.8) is 0 Å². The minimum atomic E-state index is -0.353. The van der Waals surface area contributed by atoms with Gasteiger partial charge in [-0.3, -0.25) is 0 Å². The van der Waals surface area contributed by atoms with Crippen molar-refractivity contribution in [2.24, 2.45) is 0 Å². The fraction of sp³-hybridized carbons (Fsp3) is 0.364. The van der Waals surface area contributed by atoms with Crippen molar-refractivity contribution in [1.82, 2.24) is 0 Å². The summed E-state index contributed by atoms with van der Waals surface area (Å²) in [5.41, 5.74) is 0.583. The van der Waals surface area contributed by atoms with Gasteiger partial charge in [0.25, 0.3) is 0 Å². The van der Waals surface area contributed by atoms with Crippen LogP contribution >= 0.6 is 0 Å². The fourth-order valence-electron chi connectivity index (χ4n) is 1.00. The Bertz CT molecular complexity index is 328. The maximum Gasteiger partial charge on any atom is 0.120 e. The molecule has 0 bridgehead atoms. The van der Waals surface area contributed by atoms with Crippen molar-refractivity contribution in [3.05, 3.63) is 29.8 Å². The molecule has 3 heteroatoms. The first-order chi connectivity index (χ1) is 6.72. The lowest BCUT2D eigenvalue weighted by Gasteiger charge is -2.07. The molecule has 1 aromatic carbocycles. The highest BCUT2D eigenvalue weighted by molar-refractivity contribution is 5.36. The van der Waals surface area contributed by atoms with E-state index in [4.69, 9.17) is 15.1 Å². The molecule has 1 unspecified atom stereocenters. The predicted octanol–water partition coefficient (Wildman–Crippen LogP) is 1.71. The monoisotopic (exact) mass is 191 g/mol. The van der Waals surface area contributed by atoms with E-state index in [1.807, 2.05) is 6.07 Å². The van der Waals surface area contributed by atoms with Crippen LogP contribution in [0.3, 0.4) is 0 Å². The topological polar surface area (TPSA) is 53.2 Å². The average Bonchev–Trinajstić information content (AvgIpc) is 2.18. The van der Waals surface area contributed by atoms with Gasteiger partial charge in [-0.05, 0) is 25.1 Å². The fourth-order valence-corrected chi connectivity index (χ4v) is 1.00. The number of ether oxygens (including phenoxy) is 1. The van der Waals surface area contributed by atoms with Gasteiger partial charge in [0.15, 0.2) is 0 Å². The van der Waals surface area contributed by atoms with Gasteiger partial charge in [0.1, 0.15) is 5.75 Å². The number of nitriles is 1. The standard InChI is InChI=1S/C11H13NO2/c1-9(13)5-6-14-11-4-2-3-10(7-11)8-12/h2-4,7,9,13H,5-6H2,1H3. The zero-order chi connectivity index (χ0) is 10.4. The molecule has 0 spiro atoms. The lowest BCUT2D eigenvalue weighted by molar-refractivity contribution is 0.155. The van der Waals surface area contributed by atoms with Crippen molar-refractivity contribution in [3.8, 4) is 11.8 Å². The van der Waals surface area contributed by atoms with Gasteiger partial charge in [0, 0.05) is 6.42 Å². The third-order valence-corrected chi connectivity index (χ3v) is 1.77. The lowest BCUT2D eigenvalue weighted by atomic mass is 10.2. The molecule has 14 heavy (non-hydrogen) atoms. The summed E-state index contributed by atoms with van der Waals surface area (Å²) in [6.45, 7) is 2.18. The lowest BCUT2D eigenvalue weighted by Crippen LogP contribution is -2.07. The number of nitrogens with zero attached hydrogens (tertiary/aromatic N) is 1. The summed E-state index contributed by atoms with van der Waals surface area (Å²) >= 11 is 0. The van der Waals surface area contributed by atoms with Gasteiger partial charge in [-0.1, -0.05) is 6.07 Å². The zero-order valence-electron chi connectivity index (χ0n) is 8.10. The zero-order valence-corrected chi connectivity index (χ0v) is 8.10. The maximum absolute atomic E-state index is 9.00. The number of aliphatic hydroxyl groups excluding tert-OH is 1. The van der Waals surface area contributed by atoms with E-state index in [9.17, 15) is 0 Å². The number of rotatable bonds is 4. The number of hydrogen-bond donors (Lipinski definition) is 1. The number of benzene rings is 1. The second-order valence-corrected chi connectivity index (χ2v) is 3.13. The Morgan fingerprint density at radius 2 is 2.36 bits per heavy atom. The van der Waals surface area contributed by atoms with Crippen molar-refractivity contribution in [2.45, 2.75) is 19.4 Å². The molecule has 0 aliphatic carbocycles. The van der Waals surface area contributed by atoms with Gasteiger partial charge in [-0.25, -0.2) is 0 Å². The van der Waals surface area contributed by atoms with Gasteiger partial charge >= 0.3 is 0 Å². The van der Waals surface area contributed by atoms with Crippen LogP contribution in [0, 0.1) is 11.3 Å². The molecular weight excluding hydrogens is 178 g/mol. The van der Waals surface area contributed by atoms with Crippen molar-refractivity contribution >= 4 is 0 Å². The van der Waals surface area contributed by atoms with E-state index in [-0.39, 0.29) is 6.10 Å². The molecule has 1 rings (SSSR count). The van der Waals surface area contributed by atoms with E-state index in [1.54, 1.807) is 31.2 Å². The van der Waals surface area contributed by atoms with E-state index in [0.717, 1.165) is 0 Å². The summed E-state index contributed by atoms with van der Waals surface area (Å²) in [5, 5.41) is 17.6. The number of hydrogen-bond acceptors (Lipinski definition) is 3. The first-order valence-corrected chi connectivity index (χ1v) is 4.53. The molecule has 1 aromatic rings. The number of aliphatic hydroxyl groups is 1. The first kappa shape index (κ1) is 10.6. The van der Waals surface area contributed by atoms with Crippen molar-refractivity contribution < 1.29 is 9.84 Å². The summed E-state index contributed by atoms with van der Waals surface area (Å²) in [5.74, 6) is 0.671. The second-order valence-electron chi connectivity index (χ2n) is 3.13. The first-order valence-electron chi connectivity index (χ1n) is 4.53. The molecule has 3 nitrogen and oxygen atoms in total. The van der Waals surface area contributed by atoms with Crippen LogP contribution in [0.4, 0.5) is 0 Å². The van der Waals surface area contributed by atoms with E-state index in [1.165, 1.54) is 0 Å². The van der Waals surface area contributed by atoms with Gasteiger partial charge in [-0.15, -0.1) is 0 Å². The van der Waals surface area contributed by atoms with Crippen LogP contribution in [-0.2, 0) is 0 Å². The Labute approximate surface area is 83.6 Å². The van der Waals surface area contributed by atoms with Gasteiger partial charge in [-0.2, -0.15) is 5.26 Å². The Morgan fingerprint density at radius 1 is 1.57 bits per heavy atom. The van der Waals surface area contributed by atoms with Crippen LogP contribution in [0.25, 0.3) is 0 Å². The largest absolute Gasteiger partial charge is 0.493 e. The van der Waals surface area contributed by atoms with Crippen LogP contribution < -0.4 is 4.74 Å². The summed E-state index contributed by atoms with van der Waals surface area (Å²) in [7, 11) is 0. The molecule has 0 aliphatic rings. The van der Waals surface area contributed by atoms with Crippen molar-refractivity contribution in [1.29, 1.82) is 5.26 Å². The second kappa shape index (κ2) is 5.25. The van der Waals surface area contributed by atoms with Gasteiger partial charge in [0.05, 0.1) is 24.3 Å². The Balaban J connectivity index is 2.47. The van der Waals surface area contributed by atoms with E-state index in [0.29, 0.717) is 24.3 Å². The highest BCUT2D eigenvalue weighted by Gasteiger charge is 1.98. The quantitative estimate of drug-likeness (QED) is 0.788. The Morgan fingerprint density at radius 3 is 3.00 bits per heavy atom. The smallest absolute Gasteiger partial charge is 0.120 e. The summed E-state index contributed by atoms with van der Waals surface area (Å²) in [6, 6.07) is 9.01. The van der Waals surface area contributed by atoms with Crippen LogP contribution in [0.2, 0.25) is 0 Å². The minimum absolute atomic E-state index is 0.353. The van der Waals surface area contributed by atoms with Gasteiger partial charge in [0.2, 0.25) is 0 Å². The summed E-state index contributed by atoms with van der Waals surface area (Å²) in [4.78, 5) is 0. The molecule has 74 valence electrons. The summed E-state index contributed by atoms with van der Waals surface area (Å²) < 4.78 is 5.35. The minimum Gasteiger partial charge on any atom is -0.493 e. The van der Waals surface area contributed by atoms with Crippen LogP contribution in [0.15, 0.2) is 24.3 Å². The third kappa shape index (κ3) is 3.46.